The van der Waals surface area contributed by atoms with Crippen LogP contribution in [0.1, 0.15) is 21.5 Å². The Labute approximate surface area is 150 Å². The molecule has 0 saturated carbocycles. The number of aryl methyl sites for hydroxylation is 1. The first-order chi connectivity index (χ1) is 11.8. The molecule has 0 unspecified atom stereocenters. The zero-order chi connectivity index (χ0) is 18.6. The van der Waals surface area contributed by atoms with E-state index < -0.39 is 30.1 Å². The molecule has 132 valence electrons. The van der Waals surface area contributed by atoms with Gasteiger partial charge in [-0.15, -0.1) is 0 Å². The van der Waals surface area contributed by atoms with E-state index in [1.165, 1.54) is 25.1 Å². The number of halogens is 3. The quantitative estimate of drug-likeness (QED) is 0.760. The number of hydrogen-bond acceptors (Lipinski definition) is 3. The monoisotopic (exact) mass is 413 g/mol. The van der Waals surface area contributed by atoms with Crippen molar-refractivity contribution < 1.29 is 28.2 Å². The summed E-state index contributed by atoms with van der Waals surface area (Å²) in [6.45, 7) is 0.651. The van der Waals surface area contributed by atoms with Crippen LogP contribution in [-0.4, -0.2) is 23.6 Å². The Morgan fingerprint density at radius 3 is 2.56 bits per heavy atom. The van der Waals surface area contributed by atoms with Gasteiger partial charge in [0.15, 0.2) is 6.61 Å². The molecular weight excluding hydrogens is 400 g/mol. The maximum absolute atomic E-state index is 13.8. The summed E-state index contributed by atoms with van der Waals surface area (Å²) in [6, 6.07) is 6.61. The van der Waals surface area contributed by atoms with Crippen molar-refractivity contribution in [3.05, 3.63) is 63.1 Å². The number of benzene rings is 2. The molecule has 0 radical (unpaired) electrons. The third-order valence-electron chi connectivity index (χ3n) is 3.31. The van der Waals surface area contributed by atoms with Gasteiger partial charge in [0.1, 0.15) is 17.4 Å². The third kappa shape index (κ3) is 4.99. The first-order valence-electron chi connectivity index (χ1n) is 7.14. The van der Waals surface area contributed by atoms with E-state index in [9.17, 15) is 18.4 Å². The first kappa shape index (κ1) is 18.9. The van der Waals surface area contributed by atoms with Crippen molar-refractivity contribution in [2.75, 3.05) is 6.61 Å². The molecule has 0 fully saturated rings. The highest BCUT2D eigenvalue weighted by Crippen LogP contribution is 2.23. The van der Waals surface area contributed by atoms with Crippen molar-refractivity contribution >= 4 is 27.8 Å². The molecule has 0 aliphatic rings. The smallest absolute Gasteiger partial charge is 0.341 e. The molecule has 1 amide bonds. The highest BCUT2D eigenvalue weighted by atomic mass is 79.9. The lowest BCUT2D eigenvalue weighted by atomic mass is 10.1. The lowest BCUT2D eigenvalue weighted by molar-refractivity contribution is -0.139. The van der Waals surface area contributed by atoms with Gasteiger partial charge in [0.05, 0.1) is 5.56 Å². The number of carbonyl (C=O) groups is 2. The number of nitrogens with one attached hydrogen (secondary N) is 1. The summed E-state index contributed by atoms with van der Waals surface area (Å²) in [5, 5.41) is 11.2. The van der Waals surface area contributed by atoms with Crippen molar-refractivity contribution in [1.29, 1.82) is 0 Å². The number of hydrogen-bond donors (Lipinski definition) is 2. The fourth-order valence-electron chi connectivity index (χ4n) is 2.04. The maximum Gasteiger partial charge on any atom is 0.341 e. The summed E-state index contributed by atoms with van der Waals surface area (Å²) in [4.78, 5) is 22.9. The van der Waals surface area contributed by atoms with Crippen molar-refractivity contribution in [2.45, 2.75) is 13.5 Å². The standard InChI is InChI=1S/C17H14BrF2NO4/c1-9-4-12(15(6-13(9)19)25-8-16(22)23)17(24)21-7-10-2-3-11(18)5-14(10)20/h2-6H,7-8H2,1H3,(H,21,24)(H,22,23). The summed E-state index contributed by atoms with van der Waals surface area (Å²) in [5.41, 5.74) is 0.434. The topological polar surface area (TPSA) is 75.6 Å². The SMILES string of the molecule is Cc1cc(C(=O)NCc2ccc(Br)cc2F)c(OCC(=O)O)cc1F. The fraction of sp³-hybridized carbons (Fsp3) is 0.176. The number of carboxylic acids is 1. The molecule has 8 heteroatoms. The van der Waals surface area contributed by atoms with E-state index in [2.05, 4.69) is 21.2 Å². The largest absolute Gasteiger partial charge is 0.481 e. The molecular formula is C17H14BrF2NO4. The number of carbonyl (C=O) groups excluding carboxylic acids is 1. The summed E-state index contributed by atoms with van der Waals surface area (Å²) in [6.07, 6.45) is 0. The van der Waals surface area contributed by atoms with Gasteiger partial charge in [0, 0.05) is 22.6 Å². The minimum Gasteiger partial charge on any atom is -0.481 e. The van der Waals surface area contributed by atoms with Crippen LogP contribution in [0.15, 0.2) is 34.8 Å². The minimum atomic E-state index is -1.26. The molecule has 0 heterocycles. The van der Waals surface area contributed by atoms with Crippen LogP contribution in [0, 0.1) is 18.6 Å². The van der Waals surface area contributed by atoms with Gasteiger partial charge in [-0.2, -0.15) is 0 Å². The van der Waals surface area contributed by atoms with Gasteiger partial charge in [-0.25, -0.2) is 13.6 Å². The second-order valence-electron chi connectivity index (χ2n) is 5.20. The van der Waals surface area contributed by atoms with E-state index in [0.29, 0.717) is 4.47 Å². The number of rotatable bonds is 6. The lowest BCUT2D eigenvalue weighted by Crippen LogP contribution is -2.24. The molecule has 0 aromatic heterocycles. The zero-order valence-corrected chi connectivity index (χ0v) is 14.7. The minimum absolute atomic E-state index is 0.0299. The highest BCUT2D eigenvalue weighted by Gasteiger charge is 2.17. The van der Waals surface area contributed by atoms with Gasteiger partial charge in [0.25, 0.3) is 5.91 Å². The molecule has 0 atom stereocenters. The predicted molar refractivity (Wildman–Crippen MR) is 89.5 cm³/mol. The van der Waals surface area contributed by atoms with Crippen LogP contribution in [-0.2, 0) is 11.3 Å². The van der Waals surface area contributed by atoms with Gasteiger partial charge < -0.3 is 15.2 Å². The second-order valence-corrected chi connectivity index (χ2v) is 6.11. The number of ether oxygens (including phenoxy) is 1. The normalized spacial score (nSPS) is 10.4. The fourth-order valence-corrected chi connectivity index (χ4v) is 2.37. The average Bonchev–Trinajstić information content (AvgIpc) is 2.54. The maximum atomic E-state index is 13.8. The lowest BCUT2D eigenvalue weighted by Gasteiger charge is -2.12. The Bertz CT molecular complexity index is 827. The van der Waals surface area contributed by atoms with Crippen LogP contribution >= 0.6 is 15.9 Å². The van der Waals surface area contributed by atoms with Crippen LogP contribution in [0.3, 0.4) is 0 Å². The molecule has 0 bridgehead atoms. The summed E-state index contributed by atoms with van der Waals surface area (Å²) in [5.74, 6) is -3.21. The van der Waals surface area contributed by atoms with Crippen LogP contribution in [0.5, 0.6) is 5.75 Å². The van der Waals surface area contributed by atoms with E-state index in [0.717, 1.165) is 6.07 Å². The summed E-state index contributed by atoms with van der Waals surface area (Å²) in [7, 11) is 0. The molecule has 0 aliphatic carbocycles. The van der Waals surface area contributed by atoms with Crippen LogP contribution < -0.4 is 10.1 Å². The Morgan fingerprint density at radius 2 is 1.92 bits per heavy atom. The van der Waals surface area contributed by atoms with Crippen molar-refractivity contribution in [3.8, 4) is 5.75 Å². The van der Waals surface area contributed by atoms with E-state index in [-0.39, 0.29) is 29.0 Å². The van der Waals surface area contributed by atoms with E-state index in [4.69, 9.17) is 9.84 Å². The predicted octanol–water partition coefficient (Wildman–Crippen LogP) is 3.43. The molecule has 0 aliphatic heterocycles. The molecule has 2 aromatic carbocycles. The zero-order valence-electron chi connectivity index (χ0n) is 13.1. The third-order valence-corrected chi connectivity index (χ3v) is 3.80. The van der Waals surface area contributed by atoms with Crippen LogP contribution in [0.25, 0.3) is 0 Å². The Morgan fingerprint density at radius 1 is 1.20 bits per heavy atom. The van der Waals surface area contributed by atoms with Crippen molar-refractivity contribution in [1.82, 2.24) is 5.32 Å². The van der Waals surface area contributed by atoms with Crippen LogP contribution in [0.4, 0.5) is 8.78 Å². The Hall–Kier alpha value is -2.48. The first-order valence-corrected chi connectivity index (χ1v) is 7.94. The van der Waals surface area contributed by atoms with Gasteiger partial charge in [-0.05, 0) is 30.7 Å². The van der Waals surface area contributed by atoms with E-state index >= 15 is 0 Å². The van der Waals surface area contributed by atoms with Crippen LogP contribution in [0.2, 0.25) is 0 Å². The molecule has 2 rings (SSSR count). The number of amides is 1. The molecule has 2 N–H and O–H groups in total. The summed E-state index contributed by atoms with van der Waals surface area (Å²) < 4.78 is 33.0. The van der Waals surface area contributed by atoms with Gasteiger partial charge in [0.2, 0.25) is 0 Å². The second kappa shape index (κ2) is 8.06. The molecule has 5 nitrogen and oxygen atoms in total. The van der Waals surface area contributed by atoms with Crippen molar-refractivity contribution in [3.63, 3.8) is 0 Å². The number of aliphatic carboxylic acids is 1. The average molecular weight is 414 g/mol. The molecule has 0 spiro atoms. The van der Waals surface area contributed by atoms with E-state index in [1.807, 2.05) is 0 Å². The highest BCUT2D eigenvalue weighted by molar-refractivity contribution is 9.10. The van der Waals surface area contributed by atoms with E-state index in [1.54, 1.807) is 6.07 Å². The van der Waals surface area contributed by atoms with Gasteiger partial charge >= 0.3 is 5.97 Å². The van der Waals surface area contributed by atoms with Crippen molar-refractivity contribution in [2.24, 2.45) is 0 Å². The molecule has 25 heavy (non-hydrogen) atoms. The Balaban J connectivity index is 2.19. The van der Waals surface area contributed by atoms with Gasteiger partial charge in [-0.1, -0.05) is 22.0 Å². The Kier molecular flexibility index (Phi) is 6.08. The number of carboxylic acid groups (broad SMARTS) is 1. The molecule has 0 saturated heterocycles. The summed E-state index contributed by atoms with van der Waals surface area (Å²) >= 11 is 3.14. The molecule has 2 aromatic rings. The van der Waals surface area contributed by atoms with Gasteiger partial charge in [-0.3, -0.25) is 4.79 Å².